The van der Waals surface area contributed by atoms with Crippen LogP contribution in [0, 0.1) is 0 Å². The summed E-state index contributed by atoms with van der Waals surface area (Å²) in [7, 11) is 0. The van der Waals surface area contributed by atoms with Gasteiger partial charge in [0.25, 0.3) is 0 Å². The topological polar surface area (TPSA) is 35.2 Å². The number of rotatable bonds is 5. The van der Waals surface area contributed by atoms with E-state index in [0.717, 1.165) is 23.1 Å². The van der Waals surface area contributed by atoms with E-state index in [0.29, 0.717) is 0 Å². The zero-order chi connectivity index (χ0) is 16.3. The van der Waals surface area contributed by atoms with Gasteiger partial charge in [0, 0.05) is 17.8 Å². The van der Waals surface area contributed by atoms with Gasteiger partial charge < -0.3 is 10.5 Å². The molecule has 2 N–H and O–H groups in total. The maximum absolute atomic E-state index is 6.37. The molecule has 0 fully saturated rings. The molecule has 0 saturated heterocycles. The van der Waals surface area contributed by atoms with E-state index < -0.39 is 0 Å². The molecular formula is C21H23NO. The quantitative estimate of drug-likeness (QED) is 0.713. The molecule has 0 aliphatic heterocycles. The van der Waals surface area contributed by atoms with Crippen molar-refractivity contribution in [2.45, 2.75) is 31.9 Å². The SMILES string of the molecule is CC(C)(CC(N)c1ccccc1)Oc1cccc2ccccc12. The molecule has 2 nitrogen and oxygen atoms in total. The number of hydrogen-bond donors (Lipinski definition) is 1. The van der Waals surface area contributed by atoms with Gasteiger partial charge in [0.2, 0.25) is 0 Å². The molecule has 0 aliphatic rings. The summed E-state index contributed by atoms with van der Waals surface area (Å²) in [5, 5.41) is 2.32. The summed E-state index contributed by atoms with van der Waals surface area (Å²) < 4.78 is 6.33. The zero-order valence-electron chi connectivity index (χ0n) is 13.7. The third-order valence-corrected chi connectivity index (χ3v) is 4.08. The van der Waals surface area contributed by atoms with Crippen LogP contribution < -0.4 is 10.5 Å². The third kappa shape index (κ3) is 3.72. The minimum absolute atomic E-state index is 0.0406. The number of nitrogens with two attached hydrogens (primary N) is 1. The molecule has 0 aliphatic carbocycles. The van der Waals surface area contributed by atoms with E-state index in [-0.39, 0.29) is 11.6 Å². The Morgan fingerprint density at radius 1 is 0.870 bits per heavy atom. The summed E-state index contributed by atoms with van der Waals surface area (Å²) in [6.07, 6.45) is 0.750. The summed E-state index contributed by atoms with van der Waals surface area (Å²) >= 11 is 0. The molecule has 0 heterocycles. The number of hydrogen-bond acceptors (Lipinski definition) is 2. The molecule has 0 saturated carbocycles. The molecule has 23 heavy (non-hydrogen) atoms. The smallest absolute Gasteiger partial charge is 0.127 e. The van der Waals surface area contributed by atoms with Crippen molar-refractivity contribution < 1.29 is 4.74 Å². The Bertz CT molecular complexity index is 775. The highest BCUT2D eigenvalue weighted by molar-refractivity contribution is 5.88. The van der Waals surface area contributed by atoms with Crippen molar-refractivity contribution in [2.75, 3.05) is 0 Å². The zero-order valence-corrected chi connectivity index (χ0v) is 13.7. The number of fused-ring (bicyclic) bond motifs is 1. The molecular weight excluding hydrogens is 282 g/mol. The average Bonchev–Trinajstić information content (AvgIpc) is 2.55. The molecule has 0 radical (unpaired) electrons. The van der Waals surface area contributed by atoms with E-state index in [4.69, 9.17) is 10.5 Å². The predicted octanol–water partition coefficient (Wildman–Crippen LogP) is 5.09. The van der Waals surface area contributed by atoms with Crippen molar-refractivity contribution >= 4 is 10.8 Å². The summed E-state index contributed by atoms with van der Waals surface area (Å²) in [5.74, 6) is 0.911. The highest BCUT2D eigenvalue weighted by Crippen LogP contribution is 2.31. The van der Waals surface area contributed by atoms with Crippen LogP contribution in [0.2, 0.25) is 0 Å². The molecule has 3 rings (SSSR count). The van der Waals surface area contributed by atoms with E-state index in [1.165, 1.54) is 5.39 Å². The van der Waals surface area contributed by atoms with Gasteiger partial charge in [-0.05, 0) is 30.9 Å². The predicted molar refractivity (Wildman–Crippen MR) is 96.6 cm³/mol. The van der Waals surface area contributed by atoms with Crippen molar-refractivity contribution in [1.82, 2.24) is 0 Å². The lowest BCUT2D eigenvalue weighted by molar-refractivity contribution is 0.0932. The van der Waals surface area contributed by atoms with Crippen LogP contribution >= 0.6 is 0 Å². The van der Waals surface area contributed by atoms with Crippen molar-refractivity contribution in [3.63, 3.8) is 0 Å². The standard InChI is InChI=1S/C21H23NO/c1-21(2,15-19(22)17-10-4-3-5-11-17)23-20-14-8-12-16-9-6-7-13-18(16)20/h3-14,19H,15,22H2,1-2H3. The molecule has 3 aromatic carbocycles. The minimum Gasteiger partial charge on any atom is -0.487 e. The Kier molecular flexibility index (Phi) is 4.35. The summed E-state index contributed by atoms with van der Waals surface area (Å²) in [6.45, 7) is 4.19. The van der Waals surface area contributed by atoms with Crippen LogP contribution in [0.4, 0.5) is 0 Å². The molecule has 2 heteroatoms. The average molecular weight is 305 g/mol. The van der Waals surface area contributed by atoms with Crippen LogP contribution in [0.15, 0.2) is 72.8 Å². The molecule has 0 spiro atoms. The van der Waals surface area contributed by atoms with Crippen LogP contribution in [0.3, 0.4) is 0 Å². The van der Waals surface area contributed by atoms with Crippen molar-refractivity contribution in [2.24, 2.45) is 5.73 Å². The minimum atomic E-state index is -0.348. The van der Waals surface area contributed by atoms with E-state index >= 15 is 0 Å². The van der Waals surface area contributed by atoms with Gasteiger partial charge in [-0.3, -0.25) is 0 Å². The van der Waals surface area contributed by atoms with E-state index in [1.807, 2.05) is 42.5 Å². The lowest BCUT2D eigenvalue weighted by Crippen LogP contribution is -2.33. The number of ether oxygens (including phenoxy) is 1. The molecule has 0 bridgehead atoms. The number of benzene rings is 3. The van der Waals surface area contributed by atoms with E-state index in [1.54, 1.807) is 0 Å². The van der Waals surface area contributed by atoms with Crippen LogP contribution in [0.25, 0.3) is 10.8 Å². The highest BCUT2D eigenvalue weighted by Gasteiger charge is 2.24. The summed E-state index contributed by atoms with van der Waals surface area (Å²) in [5.41, 5.74) is 7.16. The maximum Gasteiger partial charge on any atom is 0.127 e. The van der Waals surface area contributed by atoms with Crippen LogP contribution in [0.1, 0.15) is 31.9 Å². The first-order chi connectivity index (χ1) is 11.1. The Labute approximate surface area is 137 Å². The van der Waals surface area contributed by atoms with Gasteiger partial charge in [-0.2, -0.15) is 0 Å². The lowest BCUT2D eigenvalue weighted by atomic mass is 9.94. The first kappa shape index (κ1) is 15.6. The normalized spacial score (nSPS) is 13.0. The Morgan fingerprint density at radius 3 is 2.30 bits per heavy atom. The Morgan fingerprint density at radius 2 is 1.52 bits per heavy atom. The van der Waals surface area contributed by atoms with Gasteiger partial charge in [-0.25, -0.2) is 0 Å². The molecule has 3 aromatic rings. The first-order valence-electron chi connectivity index (χ1n) is 8.02. The fraction of sp³-hybridized carbons (Fsp3) is 0.238. The van der Waals surface area contributed by atoms with Gasteiger partial charge in [-0.1, -0.05) is 66.7 Å². The van der Waals surface area contributed by atoms with E-state index in [2.05, 4.69) is 44.2 Å². The second kappa shape index (κ2) is 6.43. The first-order valence-corrected chi connectivity index (χ1v) is 8.02. The van der Waals surface area contributed by atoms with Gasteiger partial charge in [-0.15, -0.1) is 0 Å². The van der Waals surface area contributed by atoms with Gasteiger partial charge in [0.15, 0.2) is 0 Å². The van der Waals surface area contributed by atoms with E-state index in [9.17, 15) is 0 Å². The second-order valence-corrected chi connectivity index (χ2v) is 6.56. The molecule has 1 atom stereocenters. The maximum atomic E-state index is 6.37. The fourth-order valence-corrected chi connectivity index (χ4v) is 2.97. The third-order valence-electron chi connectivity index (χ3n) is 4.08. The van der Waals surface area contributed by atoms with Crippen molar-refractivity contribution in [3.05, 3.63) is 78.4 Å². The van der Waals surface area contributed by atoms with Crippen LogP contribution in [0.5, 0.6) is 5.75 Å². The fourth-order valence-electron chi connectivity index (χ4n) is 2.97. The van der Waals surface area contributed by atoms with Crippen molar-refractivity contribution in [3.8, 4) is 5.75 Å². The summed E-state index contributed by atoms with van der Waals surface area (Å²) in [6, 6.07) is 24.6. The van der Waals surface area contributed by atoms with Crippen LogP contribution in [-0.4, -0.2) is 5.60 Å². The largest absolute Gasteiger partial charge is 0.487 e. The molecule has 1 unspecified atom stereocenters. The Hall–Kier alpha value is -2.32. The molecule has 118 valence electrons. The molecule has 0 amide bonds. The monoisotopic (exact) mass is 305 g/mol. The lowest BCUT2D eigenvalue weighted by Gasteiger charge is -2.30. The summed E-state index contributed by atoms with van der Waals surface area (Å²) in [4.78, 5) is 0. The van der Waals surface area contributed by atoms with Crippen LogP contribution in [-0.2, 0) is 0 Å². The van der Waals surface area contributed by atoms with Gasteiger partial charge in [0.05, 0.1) is 0 Å². The molecule has 0 aromatic heterocycles. The van der Waals surface area contributed by atoms with Crippen molar-refractivity contribution in [1.29, 1.82) is 0 Å². The Balaban J connectivity index is 1.80. The highest BCUT2D eigenvalue weighted by atomic mass is 16.5. The van der Waals surface area contributed by atoms with Gasteiger partial charge >= 0.3 is 0 Å². The second-order valence-electron chi connectivity index (χ2n) is 6.56. The van der Waals surface area contributed by atoms with Gasteiger partial charge in [0.1, 0.15) is 11.4 Å².